The summed E-state index contributed by atoms with van der Waals surface area (Å²) in [6, 6.07) is 0. The first-order valence-corrected chi connectivity index (χ1v) is 4.54. The molecule has 0 bridgehead atoms. The molecule has 2 N–H and O–H groups in total. The number of carboxylic acid groups (broad SMARTS) is 1. The predicted octanol–water partition coefficient (Wildman–Crippen LogP) is -1.45. The maximum atomic E-state index is 10.8. The summed E-state index contributed by atoms with van der Waals surface area (Å²) in [5, 5.41) is 17.9. The fourth-order valence-corrected chi connectivity index (χ4v) is 1.72. The first-order chi connectivity index (χ1) is 7.24. The van der Waals surface area contributed by atoms with Gasteiger partial charge in [-0.2, -0.15) is 0 Å². The molecule has 7 heteroatoms. The molecule has 0 spiro atoms. The van der Waals surface area contributed by atoms with E-state index in [0.717, 1.165) is 0 Å². The largest absolute Gasteiger partial charge is 0.479 e. The molecule has 2 heterocycles. The Kier molecular flexibility index (Phi) is 3.17. The van der Waals surface area contributed by atoms with Crippen LogP contribution < -0.4 is 0 Å². The van der Waals surface area contributed by atoms with E-state index < -0.39 is 30.4 Å². The Labute approximate surface area is 85.5 Å². The first-order valence-electron chi connectivity index (χ1n) is 4.54. The van der Waals surface area contributed by atoms with E-state index in [2.05, 4.69) is 0 Å². The van der Waals surface area contributed by atoms with E-state index in [-0.39, 0.29) is 20.2 Å². The van der Waals surface area contributed by atoms with Gasteiger partial charge in [-0.3, -0.25) is 0 Å². The van der Waals surface area contributed by atoms with E-state index in [1.807, 2.05) is 0 Å². The van der Waals surface area contributed by atoms with Gasteiger partial charge in [-0.1, -0.05) is 0 Å². The van der Waals surface area contributed by atoms with Gasteiger partial charge in [0.05, 0.1) is 6.61 Å². The van der Waals surface area contributed by atoms with Crippen LogP contribution in [0.1, 0.15) is 0 Å². The minimum Gasteiger partial charge on any atom is -0.479 e. The van der Waals surface area contributed by atoms with Gasteiger partial charge in [0.1, 0.15) is 31.9 Å². The summed E-state index contributed by atoms with van der Waals surface area (Å²) in [4.78, 5) is 10.8. The number of fused-ring (bicyclic) bond motifs is 1. The lowest BCUT2D eigenvalue weighted by molar-refractivity contribution is -0.322. The maximum absolute atomic E-state index is 10.8. The van der Waals surface area contributed by atoms with Gasteiger partial charge in [0.25, 0.3) is 0 Å². The zero-order chi connectivity index (χ0) is 10.8. The molecule has 2 rings (SSSR count). The van der Waals surface area contributed by atoms with Crippen molar-refractivity contribution in [2.45, 2.75) is 24.4 Å². The Balaban J connectivity index is 2.11. The van der Waals surface area contributed by atoms with Crippen LogP contribution in [-0.4, -0.2) is 60.8 Å². The van der Waals surface area contributed by atoms with Gasteiger partial charge < -0.3 is 29.2 Å². The fraction of sp³-hybridized carbons (Fsp3) is 0.875. The van der Waals surface area contributed by atoms with Crippen LogP contribution in [0.25, 0.3) is 0 Å². The minimum absolute atomic E-state index is 0.0666. The molecule has 4 atom stereocenters. The van der Waals surface area contributed by atoms with Crippen molar-refractivity contribution >= 4 is 5.97 Å². The molecule has 0 aromatic carbocycles. The van der Waals surface area contributed by atoms with Crippen LogP contribution in [0.4, 0.5) is 0 Å². The highest BCUT2D eigenvalue weighted by Gasteiger charge is 2.46. The van der Waals surface area contributed by atoms with E-state index in [1.54, 1.807) is 0 Å². The number of hydrogen-bond donors (Lipinski definition) is 2. The summed E-state index contributed by atoms with van der Waals surface area (Å²) in [5.41, 5.74) is 0. The van der Waals surface area contributed by atoms with Crippen molar-refractivity contribution in [1.29, 1.82) is 0 Å². The lowest BCUT2D eigenvalue weighted by Gasteiger charge is -2.42. The lowest BCUT2D eigenvalue weighted by atomic mass is 10.0. The highest BCUT2D eigenvalue weighted by molar-refractivity contribution is 5.73. The monoisotopic (exact) mass is 220 g/mol. The molecule has 2 aliphatic heterocycles. The van der Waals surface area contributed by atoms with Crippen molar-refractivity contribution in [2.24, 2.45) is 0 Å². The topological polar surface area (TPSA) is 94.5 Å². The number of aliphatic hydroxyl groups excluding tert-OH is 1. The molecule has 2 fully saturated rings. The van der Waals surface area contributed by atoms with Crippen LogP contribution in [-0.2, 0) is 23.7 Å². The number of carboxylic acids is 1. The molecule has 0 unspecified atom stereocenters. The number of carbonyl (C=O) groups is 1. The van der Waals surface area contributed by atoms with Gasteiger partial charge in [-0.25, -0.2) is 4.79 Å². The van der Waals surface area contributed by atoms with Crippen molar-refractivity contribution in [3.8, 4) is 0 Å². The smallest absolute Gasteiger partial charge is 0.335 e. The average molecular weight is 220 g/mol. The molecule has 0 aliphatic carbocycles. The predicted molar refractivity (Wildman–Crippen MR) is 43.9 cm³/mol. The molecule has 15 heavy (non-hydrogen) atoms. The van der Waals surface area contributed by atoms with Crippen LogP contribution in [0.2, 0.25) is 0 Å². The zero-order valence-electron chi connectivity index (χ0n) is 7.87. The molecular formula is C8H12O7. The number of hydrogen-bond acceptors (Lipinski definition) is 6. The van der Waals surface area contributed by atoms with E-state index in [9.17, 15) is 4.79 Å². The second-order valence-corrected chi connectivity index (χ2v) is 3.31. The zero-order valence-corrected chi connectivity index (χ0v) is 7.87. The highest BCUT2D eigenvalue weighted by Crippen LogP contribution is 2.25. The number of ether oxygens (including phenoxy) is 4. The number of aliphatic carboxylic acids is 1. The van der Waals surface area contributed by atoms with E-state index in [4.69, 9.17) is 29.2 Å². The normalized spacial score (nSPS) is 40.9. The number of aliphatic hydroxyl groups is 1. The molecule has 2 saturated heterocycles. The molecular weight excluding hydrogens is 208 g/mol. The summed E-state index contributed by atoms with van der Waals surface area (Å²) >= 11 is 0. The van der Waals surface area contributed by atoms with E-state index >= 15 is 0 Å². The Bertz CT molecular complexity index is 243. The lowest BCUT2D eigenvalue weighted by Crippen LogP contribution is -2.59. The first kappa shape index (κ1) is 10.8. The third-order valence-electron chi connectivity index (χ3n) is 2.46. The van der Waals surface area contributed by atoms with Gasteiger partial charge in [0.15, 0.2) is 6.10 Å². The van der Waals surface area contributed by atoms with Crippen molar-refractivity contribution < 1.29 is 34.0 Å². The van der Waals surface area contributed by atoms with Crippen LogP contribution in [0.5, 0.6) is 0 Å². The quantitative estimate of drug-likeness (QED) is 0.587. The van der Waals surface area contributed by atoms with E-state index in [1.165, 1.54) is 0 Å². The van der Waals surface area contributed by atoms with Gasteiger partial charge in [0, 0.05) is 0 Å². The third-order valence-corrected chi connectivity index (χ3v) is 2.46. The van der Waals surface area contributed by atoms with E-state index in [0.29, 0.717) is 0 Å². The van der Waals surface area contributed by atoms with Crippen molar-refractivity contribution in [2.75, 3.05) is 20.2 Å². The Morgan fingerprint density at radius 2 is 1.80 bits per heavy atom. The van der Waals surface area contributed by atoms with Crippen LogP contribution in [0.15, 0.2) is 0 Å². The maximum Gasteiger partial charge on any atom is 0.335 e. The van der Waals surface area contributed by atoms with Crippen LogP contribution in [0, 0.1) is 0 Å². The molecule has 0 aromatic heterocycles. The van der Waals surface area contributed by atoms with Crippen molar-refractivity contribution in [1.82, 2.24) is 0 Å². The average Bonchev–Trinajstić information content (AvgIpc) is 2.27. The highest BCUT2D eigenvalue weighted by atomic mass is 16.8. The summed E-state index contributed by atoms with van der Waals surface area (Å²) in [5.74, 6) is -1.10. The molecule has 86 valence electrons. The Hall–Kier alpha value is -0.730. The van der Waals surface area contributed by atoms with Crippen LogP contribution in [0.3, 0.4) is 0 Å². The molecule has 2 aliphatic rings. The van der Waals surface area contributed by atoms with Crippen molar-refractivity contribution in [3.05, 3.63) is 0 Å². The van der Waals surface area contributed by atoms with Gasteiger partial charge in [-0.05, 0) is 0 Å². The Morgan fingerprint density at radius 3 is 2.47 bits per heavy atom. The van der Waals surface area contributed by atoms with Gasteiger partial charge in [0.2, 0.25) is 0 Å². The summed E-state index contributed by atoms with van der Waals surface area (Å²) in [6.07, 6.45) is -2.96. The second kappa shape index (κ2) is 4.42. The van der Waals surface area contributed by atoms with Crippen LogP contribution >= 0.6 is 0 Å². The fourth-order valence-electron chi connectivity index (χ4n) is 1.72. The molecule has 0 saturated carbocycles. The van der Waals surface area contributed by atoms with Crippen molar-refractivity contribution in [3.63, 3.8) is 0 Å². The van der Waals surface area contributed by atoms with Gasteiger partial charge >= 0.3 is 5.97 Å². The molecule has 0 radical (unpaired) electrons. The molecule has 0 aromatic rings. The second-order valence-electron chi connectivity index (χ2n) is 3.31. The van der Waals surface area contributed by atoms with Gasteiger partial charge in [-0.15, -0.1) is 0 Å². The Morgan fingerprint density at radius 1 is 1.13 bits per heavy atom. The third kappa shape index (κ3) is 1.97. The molecule has 7 nitrogen and oxygen atoms in total. The summed E-state index contributed by atoms with van der Waals surface area (Å²) in [7, 11) is 0. The summed E-state index contributed by atoms with van der Waals surface area (Å²) in [6.45, 7) is -0.443. The SMILES string of the molecule is O=C(O)[C@@H]1OCO[C@H]2[C@H]1OCO[C@@H]2CO. The standard InChI is InChI=1S/C8H12O7/c9-1-4-5-6(14-2-12-4)7(8(10)11)15-3-13-5/h4-7,9H,1-3H2,(H,10,11)/t4-,5-,6-,7-/m1/s1. The molecule has 0 amide bonds. The number of rotatable bonds is 2. The minimum atomic E-state index is -1.10. The summed E-state index contributed by atoms with van der Waals surface area (Å²) < 4.78 is 20.3.